The van der Waals surface area contributed by atoms with Crippen molar-refractivity contribution in [2.45, 2.75) is 193 Å². The minimum Gasteiger partial charge on any atom is -0.460 e. The summed E-state index contributed by atoms with van der Waals surface area (Å²) in [6.07, 6.45) is 12.0. The molecule has 0 aromatic carbocycles. The number of aliphatic hydroxyl groups is 3. The van der Waals surface area contributed by atoms with Gasteiger partial charge in [-0.25, -0.2) is 4.79 Å². The monoisotopic (exact) mass is 1060 g/mol. The van der Waals surface area contributed by atoms with Crippen molar-refractivity contribution in [2.75, 3.05) is 60.4 Å². The minimum atomic E-state index is -2.48. The molecule has 4 heterocycles. The lowest BCUT2D eigenvalue weighted by molar-refractivity contribution is -0.266. The molecule has 3 N–H and O–H groups in total. The fourth-order valence-electron chi connectivity index (χ4n) is 11.4. The molecule has 5 rings (SSSR count). The fraction of sp³-hybridized carbons (Fsp3) is 0.776. The van der Waals surface area contributed by atoms with E-state index in [1.54, 1.807) is 34.0 Å². The first-order chi connectivity index (χ1) is 35.8. The number of piperidine rings is 1. The van der Waals surface area contributed by atoms with E-state index in [4.69, 9.17) is 37.9 Å². The number of ether oxygens (including phenoxy) is 8. The summed E-state index contributed by atoms with van der Waals surface area (Å²) in [6.45, 7) is 14.8. The van der Waals surface area contributed by atoms with Gasteiger partial charge in [0, 0.05) is 64.6 Å². The SMILES string of the molecule is CO[C@@H]1C[C@H](C[C@@H](C)[C@@H]2CC(=O)[C@H](C)/C=C(\C)[C@@H](O)[C@@H](OC)C(=O)[C@H](C)C[C@H](C)/C=C/C=C/C=C(\C)[C@@H](OCC3COCCO3)C[C@@H]3CC[C@@H](C)[C@@](O)(O3)C(=O)C(=O)N3CCCC[C@H]3C(=O)O2)CC[C@H]1OCCCO. The first kappa shape index (κ1) is 62.4. The van der Waals surface area contributed by atoms with E-state index in [-0.39, 0.29) is 86.7 Å². The van der Waals surface area contributed by atoms with Crippen molar-refractivity contribution in [3.05, 3.63) is 47.6 Å². The molecule has 3 saturated heterocycles. The van der Waals surface area contributed by atoms with E-state index >= 15 is 0 Å². The fourth-order valence-corrected chi connectivity index (χ4v) is 11.4. The van der Waals surface area contributed by atoms with Crippen molar-refractivity contribution < 1.29 is 77.2 Å². The lowest BCUT2D eigenvalue weighted by Gasteiger charge is -2.43. The molecule has 424 valence electrons. The number of rotatable bonds is 12. The first-order valence-electron chi connectivity index (χ1n) is 27.8. The van der Waals surface area contributed by atoms with Gasteiger partial charge in [-0.3, -0.25) is 19.2 Å². The molecule has 5 aliphatic rings. The molecule has 1 saturated carbocycles. The van der Waals surface area contributed by atoms with E-state index < -0.39 is 77.8 Å². The van der Waals surface area contributed by atoms with Gasteiger partial charge in [-0.15, -0.1) is 0 Å². The molecule has 16 atom stereocenters. The number of amides is 1. The summed E-state index contributed by atoms with van der Waals surface area (Å²) in [5, 5.41) is 33.1. The molecular formula is C58H91NO16. The van der Waals surface area contributed by atoms with Crippen LogP contribution in [0.25, 0.3) is 0 Å². The number of nitrogens with zero attached hydrogens (tertiary/aromatic N) is 1. The Morgan fingerprint density at radius 3 is 2.35 bits per heavy atom. The second kappa shape index (κ2) is 30.6. The van der Waals surface area contributed by atoms with Gasteiger partial charge in [-0.05, 0) is 113 Å². The predicted octanol–water partition coefficient (Wildman–Crippen LogP) is 6.37. The second-order valence-corrected chi connectivity index (χ2v) is 22.2. The highest BCUT2D eigenvalue weighted by molar-refractivity contribution is 6.39. The van der Waals surface area contributed by atoms with Crippen molar-refractivity contribution in [1.29, 1.82) is 0 Å². The minimum absolute atomic E-state index is 0.00959. The van der Waals surface area contributed by atoms with Crippen LogP contribution in [0.3, 0.4) is 0 Å². The van der Waals surface area contributed by atoms with Gasteiger partial charge >= 0.3 is 5.97 Å². The smallest absolute Gasteiger partial charge is 0.329 e. The summed E-state index contributed by atoms with van der Waals surface area (Å²) in [7, 11) is 3.03. The normalized spacial score (nSPS) is 38.8. The van der Waals surface area contributed by atoms with Gasteiger partial charge in [0.05, 0.1) is 50.8 Å². The zero-order valence-electron chi connectivity index (χ0n) is 46.4. The molecule has 1 unspecified atom stereocenters. The molecule has 0 spiro atoms. The summed E-state index contributed by atoms with van der Waals surface area (Å²) in [5.74, 6) is -8.14. The Morgan fingerprint density at radius 1 is 0.867 bits per heavy atom. The van der Waals surface area contributed by atoms with Gasteiger partial charge in [0.25, 0.3) is 11.7 Å². The number of Topliss-reactive ketones (excluding diaryl/α,β-unsaturated/α-hetero) is 3. The molecule has 4 fully saturated rings. The van der Waals surface area contributed by atoms with Gasteiger partial charge in [0.1, 0.15) is 36.2 Å². The van der Waals surface area contributed by atoms with E-state index in [0.29, 0.717) is 83.4 Å². The molecule has 2 bridgehead atoms. The zero-order valence-corrected chi connectivity index (χ0v) is 46.4. The highest BCUT2D eigenvalue weighted by atomic mass is 16.6. The van der Waals surface area contributed by atoms with Gasteiger partial charge < -0.3 is 58.1 Å². The topological polar surface area (TPSA) is 223 Å². The van der Waals surface area contributed by atoms with E-state index in [0.717, 1.165) is 18.4 Å². The number of esters is 1. The average molecular weight is 1060 g/mol. The number of hydrogen-bond acceptors (Lipinski definition) is 16. The lowest BCUT2D eigenvalue weighted by atomic mass is 9.78. The summed E-state index contributed by atoms with van der Waals surface area (Å²) >= 11 is 0. The van der Waals surface area contributed by atoms with Gasteiger partial charge in [-0.2, -0.15) is 0 Å². The van der Waals surface area contributed by atoms with Crippen LogP contribution in [0.4, 0.5) is 0 Å². The maximum absolute atomic E-state index is 14.6. The molecule has 0 radical (unpaired) electrons. The van der Waals surface area contributed by atoms with Crippen LogP contribution in [0.2, 0.25) is 0 Å². The second-order valence-electron chi connectivity index (χ2n) is 22.2. The van der Waals surface area contributed by atoms with E-state index in [9.17, 15) is 39.3 Å². The molecule has 17 nitrogen and oxygen atoms in total. The maximum atomic E-state index is 14.6. The van der Waals surface area contributed by atoms with Crippen LogP contribution in [-0.4, -0.2) is 171 Å². The van der Waals surface area contributed by atoms with Crippen LogP contribution >= 0.6 is 0 Å². The highest BCUT2D eigenvalue weighted by Gasteiger charge is 2.53. The molecule has 75 heavy (non-hydrogen) atoms. The van der Waals surface area contributed by atoms with Crippen molar-refractivity contribution in [3.63, 3.8) is 0 Å². The van der Waals surface area contributed by atoms with E-state index in [2.05, 4.69) is 0 Å². The Bertz CT molecular complexity index is 1980. The van der Waals surface area contributed by atoms with Crippen LogP contribution in [0.15, 0.2) is 47.6 Å². The third kappa shape index (κ3) is 17.8. The molecule has 4 aliphatic heterocycles. The lowest BCUT2D eigenvalue weighted by Crippen LogP contribution is -2.61. The van der Waals surface area contributed by atoms with Gasteiger partial charge in [0.15, 0.2) is 5.78 Å². The number of allylic oxidation sites excluding steroid dienone is 6. The average Bonchev–Trinajstić information content (AvgIpc) is 3.40. The number of carbonyl (C=O) groups is 5. The highest BCUT2D eigenvalue weighted by Crippen LogP contribution is 2.38. The number of ketones is 3. The zero-order chi connectivity index (χ0) is 54.8. The molecule has 1 amide bonds. The Kier molecular flexibility index (Phi) is 25.4. The van der Waals surface area contributed by atoms with Crippen molar-refractivity contribution >= 4 is 29.2 Å². The van der Waals surface area contributed by atoms with Crippen LogP contribution in [0.5, 0.6) is 0 Å². The third-order valence-electron chi connectivity index (χ3n) is 16.2. The Labute approximate surface area is 446 Å². The number of fused-ring (bicyclic) bond motifs is 3. The predicted molar refractivity (Wildman–Crippen MR) is 280 cm³/mol. The van der Waals surface area contributed by atoms with Crippen LogP contribution in [0.1, 0.15) is 132 Å². The number of hydrogen-bond donors (Lipinski definition) is 3. The maximum Gasteiger partial charge on any atom is 0.329 e. The summed E-state index contributed by atoms with van der Waals surface area (Å²) < 4.78 is 48.2. The molecule has 1 aliphatic carbocycles. The standard InChI is InChI=1S/C58H91NO16/c1-36-16-11-10-12-17-37(2)49(73-35-45-34-70-26-27-71-45)32-44-21-19-42(7)58(67,75-44)55(64)56(65)59-23-14-13-18-46(59)57(66)74-50(39(4)30-43-20-22-48(51(31-43)68-8)72-25-15-24-60)33-47(61)38(3)29-41(6)53(63)54(69-9)52(62)40(5)28-36/h10-12,16-17,29,36,38-40,42-46,48-51,53-54,60,63,67H,13-15,18-28,30-35H2,1-9H3/b12-10+,16-11+,37-17+,41-29+/t36-,38-,39-,40-,42-,43+,44+,45?,46+,48-,49+,50+,51-,53-,54+,58-/m1/s1. The van der Waals surface area contributed by atoms with E-state index in [1.165, 1.54) is 12.0 Å². The Hall–Kier alpha value is -3.49. The Morgan fingerprint density at radius 2 is 1.64 bits per heavy atom. The van der Waals surface area contributed by atoms with Crippen LogP contribution in [0, 0.1) is 35.5 Å². The van der Waals surface area contributed by atoms with Crippen LogP contribution in [-0.2, 0) is 61.9 Å². The van der Waals surface area contributed by atoms with Crippen molar-refractivity contribution in [1.82, 2.24) is 4.90 Å². The van der Waals surface area contributed by atoms with Crippen molar-refractivity contribution in [3.8, 4) is 0 Å². The molecule has 0 aromatic rings. The third-order valence-corrected chi connectivity index (χ3v) is 16.2. The molecule has 0 aromatic heterocycles. The first-order valence-corrected chi connectivity index (χ1v) is 27.8. The van der Waals surface area contributed by atoms with Crippen LogP contribution < -0.4 is 0 Å². The van der Waals surface area contributed by atoms with Gasteiger partial charge in [-0.1, -0.05) is 71.1 Å². The molecule has 17 heteroatoms. The van der Waals surface area contributed by atoms with Crippen molar-refractivity contribution in [2.24, 2.45) is 35.5 Å². The number of cyclic esters (lactones) is 1. The summed E-state index contributed by atoms with van der Waals surface area (Å²) in [6, 6.07) is -1.17. The number of methoxy groups -OCH3 is 2. The summed E-state index contributed by atoms with van der Waals surface area (Å²) in [5.41, 5.74) is 1.23. The van der Waals surface area contributed by atoms with E-state index in [1.807, 2.05) is 58.1 Å². The number of carbonyl (C=O) groups excluding carboxylic acids is 5. The van der Waals surface area contributed by atoms with Gasteiger partial charge in [0.2, 0.25) is 5.79 Å². The molecular weight excluding hydrogens is 967 g/mol. The number of aliphatic hydroxyl groups excluding tert-OH is 2. The largest absolute Gasteiger partial charge is 0.460 e. The quantitative estimate of drug-likeness (QED) is 0.0836. The summed E-state index contributed by atoms with van der Waals surface area (Å²) in [4.78, 5) is 73.0. The Balaban J connectivity index is 1.47.